The molecular formula is C10H19NO2. The van der Waals surface area contributed by atoms with Crippen LogP contribution in [0.4, 0.5) is 0 Å². The molecule has 0 unspecified atom stereocenters. The molecule has 0 N–H and O–H groups in total. The van der Waals surface area contributed by atoms with Crippen molar-refractivity contribution in [3.8, 4) is 0 Å². The third-order valence-corrected chi connectivity index (χ3v) is 3.34. The Kier molecular flexibility index (Phi) is 2.86. The number of nitrogens with zero attached hydrogens (tertiary/aromatic N) is 1. The summed E-state index contributed by atoms with van der Waals surface area (Å²) >= 11 is 0. The van der Waals surface area contributed by atoms with Gasteiger partial charge >= 0.3 is 0 Å². The van der Waals surface area contributed by atoms with Crippen molar-refractivity contribution in [1.29, 1.82) is 0 Å². The fourth-order valence-corrected chi connectivity index (χ4v) is 2.15. The standard InChI is InChI=1S/C10H19NO2/c1-12-7-6-11-4-2-10(3-5-11)8-13-9-10/h2-9H2,1H3. The van der Waals surface area contributed by atoms with E-state index in [1.165, 1.54) is 25.9 Å². The average Bonchev–Trinajstić information content (AvgIpc) is 2.13. The molecule has 2 fully saturated rings. The molecule has 0 saturated carbocycles. The van der Waals surface area contributed by atoms with Crippen LogP contribution in [0.25, 0.3) is 0 Å². The van der Waals surface area contributed by atoms with Crippen molar-refractivity contribution in [1.82, 2.24) is 4.90 Å². The third-order valence-electron chi connectivity index (χ3n) is 3.34. The quantitative estimate of drug-likeness (QED) is 0.647. The Labute approximate surface area is 80.0 Å². The van der Waals surface area contributed by atoms with E-state index in [4.69, 9.17) is 9.47 Å². The molecule has 1 spiro atoms. The molecule has 0 aromatic heterocycles. The summed E-state index contributed by atoms with van der Waals surface area (Å²) in [5, 5.41) is 0. The number of piperidine rings is 1. The number of likely N-dealkylation sites (tertiary alicyclic amines) is 1. The summed E-state index contributed by atoms with van der Waals surface area (Å²) in [5.41, 5.74) is 0.573. The molecular weight excluding hydrogens is 166 g/mol. The lowest BCUT2D eigenvalue weighted by Crippen LogP contribution is -2.51. The Hall–Kier alpha value is -0.120. The molecule has 2 heterocycles. The number of ether oxygens (including phenoxy) is 2. The first-order valence-electron chi connectivity index (χ1n) is 5.14. The van der Waals surface area contributed by atoms with Crippen LogP contribution in [0.2, 0.25) is 0 Å². The van der Waals surface area contributed by atoms with Gasteiger partial charge in [-0.25, -0.2) is 0 Å². The van der Waals surface area contributed by atoms with Gasteiger partial charge in [0, 0.05) is 19.1 Å². The van der Waals surface area contributed by atoms with Crippen LogP contribution >= 0.6 is 0 Å². The van der Waals surface area contributed by atoms with Crippen LogP contribution in [0, 0.1) is 5.41 Å². The molecule has 3 heteroatoms. The van der Waals surface area contributed by atoms with E-state index >= 15 is 0 Å². The Morgan fingerprint density at radius 2 is 2.00 bits per heavy atom. The zero-order valence-electron chi connectivity index (χ0n) is 8.42. The summed E-state index contributed by atoms with van der Waals surface area (Å²) < 4.78 is 10.4. The van der Waals surface area contributed by atoms with Crippen molar-refractivity contribution in [2.45, 2.75) is 12.8 Å². The molecule has 13 heavy (non-hydrogen) atoms. The summed E-state index contributed by atoms with van der Waals surface area (Å²) in [4.78, 5) is 2.49. The van der Waals surface area contributed by atoms with Gasteiger partial charge in [-0.1, -0.05) is 0 Å². The molecule has 0 aliphatic carbocycles. The summed E-state index contributed by atoms with van der Waals surface area (Å²) in [5.74, 6) is 0. The number of methoxy groups -OCH3 is 1. The molecule has 0 bridgehead atoms. The molecule has 76 valence electrons. The van der Waals surface area contributed by atoms with E-state index in [9.17, 15) is 0 Å². The molecule has 2 rings (SSSR count). The van der Waals surface area contributed by atoms with E-state index < -0.39 is 0 Å². The SMILES string of the molecule is COCCN1CCC2(CC1)COC2. The highest BCUT2D eigenvalue weighted by molar-refractivity contribution is 4.90. The van der Waals surface area contributed by atoms with Gasteiger partial charge in [0.15, 0.2) is 0 Å². The van der Waals surface area contributed by atoms with Crippen LogP contribution in [-0.4, -0.2) is 51.5 Å². The van der Waals surface area contributed by atoms with Gasteiger partial charge in [0.25, 0.3) is 0 Å². The second-order valence-corrected chi connectivity index (χ2v) is 4.33. The van der Waals surface area contributed by atoms with Gasteiger partial charge in [-0.05, 0) is 25.9 Å². The second-order valence-electron chi connectivity index (χ2n) is 4.33. The summed E-state index contributed by atoms with van der Waals surface area (Å²) in [6, 6.07) is 0. The van der Waals surface area contributed by atoms with Crippen molar-refractivity contribution >= 4 is 0 Å². The number of hydrogen-bond donors (Lipinski definition) is 0. The molecule has 0 aromatic rings. The molecule has 2 aliphatic rings. The Morgan fingerprint density at radius 3 is 2.46 bits per heavy atom. The summed E-state index contributed by atoms with van der Waals surface area (Å²) in [6.45, 7) is 6.42. The predicted molar refractivity (Wildman–Crippen MR) is 50.8 cm³/mol. The predicted octanol–water partition coefficient (Wildman–Crippen LogP) is 0.745. The van der Waals surface area contributed by atoms with Gasteiger partial charge in [0.05, 0.1) is 19.8 Å². The topological polar surface area (TPSA) is 21.7 Å². The van der Waals surface area contributed by atoms with Crippen LogP contribution in [0.1, 0.15) is 12.8 Å². The monoisotopic (exact) mass is 185 g/mol. The van der Waals surface area contributed by atoms with Gasteiger partial charge in [-0.3, -0.25) is 0 Å². The summed E-state index contributed by atoms with van der Waals surface area (Å²) in [7, 11) is 1.77. The molecule has 2 saturated heterocycles. The number of hydrogen-bond acceptors (Lipinski definition) is 3. The van der Waals surface area contributed by atoms with Crippen molar-refractivity contribution in [2.75, 3.05) is 46.6 Å². The lowest BCUT2D eigenvalue weighted by Gasteiger charge is -2.47. The average molecular weight is 185 g/mol. The first-order valence-corrected chi connectivity index (χ1v) is 5.14. The van der Waals surface area contributed by atoms with Crippen LogP contribution < -0.4 is 0 Å². The van der Waals surface area contributed by atoms with E-state index in [1.807, 2.05) is 0 Å². The fourth-order valence-electron chi connectivity index (χ4n) is 2.15. The maximum Gasteiger partial charge on any atom is 0.0589 e. The lowest BCUT2D eigenvalue weighted by molar-refractivity contribution is -0.140. The highest BCUT2D eigenvalue weighted by Gasteiger charge is 2.40. The maximum atomic E-state index is 5.29. The van der Waals surface area contributed by atoms with Crippen molar-refractivity contribution in [3.63, 3.8) is 0 Å². The van der Waals surface area contributed by atoms with E-state index in [2.05, 4.69) is 4.90 Å². The smallest absolute Gasteiger partial charge is 0.0589 e. The minimum atomic E-state index is 0.573. The zero-order chi connectivity index (χ0) is 9.15. The van der Waals surface area contributed by atoms with Crippen LogP contribution in [0.15, 0.2) is 0 Å². The van der Waals surface area contributed by atoms with E-state index in [-0.39, 0.29) is 0 Å². The van der Waals surface area contributed by atoms with Crippen molar-refractivity contribution in [2.24, 2.45) is 5.41 Å². The van der Waals surface area contributed by atoms with Crippen molar-refractivity contribution < 1.29 is 9.47 Å². The molecule has 3 nitrogen and oxygen atoms in total. The minimum Gasteiger partial charge on any atom is -0.383 e. The fraction of sp³-hybridized carbons (Fsp3) is 1.00. The summed E-state index contributed by atoms with van der Waals surface area (Å²) in [6.07, 6.45) is 2.63. The Bertz CT molecular complexity index is 158. The molecule has 0 amide bonds. The molecule has 0 atom stereocenters. The zero-order valence-corrected chi connectivity index (χ0v) is 8.42. The Balaban J connectivity index is 1.70. The lowest BCUT2D eigenvalue weighted by atomic mass is 9.77. The van der Waals surface area contributed by atoms with Gasteiger partial charge in [-0.15, -0.1) is 0 Å². The third kappa shape index (κ3) is 2.03. The van der Waals surface area contributed by atoms with Crippen molar-refractivity contribution in [3.05, 3.63) is 0 Å². The van der Waals surface area contributed by atoms with Crippen LogP contribution in [0.5, 0.6) is 0 Å². The van der Waals surface area contributed by atoms with E-state index in [1.54, 1.807) is 7.11 Å². The number of rotatable bonds is 3. The molecule has 2 aliphatic heterocycles. The largest absolute Gasteiger partial charge is 0.383 e. The van der Waals surface area contributed by atoms with Gasteiger partial charge in [-0.2, -0.15) is 0 Å². The van der Waals surface area contributed by atoms with Crippen LogP contribution in [-0.2, 0) is 9.47 Å². The molecule has 0 aromatic carbocycles. The van der Waals surface area contributed by atoms with Gasteiger partial charge < -0.3 is 14.4 Å². The van der Waals surface area contributed by atoms with Gasteiger partial charge in [0.1, 0.15) is 0 Å². The molecule has 0 radical (unpaired) electrons. The minimum absolute atomic E-state index is 0.573. The first kappa shape index (κ1) is 9.44. The highest BCUT2D eigenvalue weighted by atomic mass is 16.5. The Morgan fingerprint density at radius 1 is 1.31 bits per heavy atom. The normalized spacial score (nSPS) is 27.5. The van der Waals surface area contributed by atoms with E-state index in [0.29, 0.717) is 5.41 Å². The van der Waals surface area contributed by atoms with Gasteiger partial charge in [0.2, 0.25) is 0 Å². The van der Waals surface area contributed by atoms with Crippen LogP contribution in [0.3, 0.4) is 0 Å². The maximum absolute atomic E-state index is 5.29. The first-order chi connectivity index (χ1) is 6.35. The second kappa shape index (κ2) is 3.95. The van der Waals surface area contributed by atoms with E-state index in [0.717, 1.165) is 26.4 Å². The highest BCUT2D eigenvalue weighted by Crippen LogP contribution is 2.38.